The molecule has 5 rings (SSSR count). The number of nitrogens with two attached hydrogens (primary N) is 1. The largest absolute Gasteiger partial charge is 0.392 e. The summed E-state index contributed by atoms with van der Waals surface area (Å²) < 4.78 is 0. The SMILES string of the molecule is NNC(=O)[C@@H]1[C@@H]2C[C@@H]3Cc4[nH]c5ccccc5c4C[NH+]3C[C@@H]2CC[C@@H]1O. The molecule has 1 aliphatic carbocycles. The summed E-state index contributed by atoms with van der Waals surface area (Å²) >= 11 is 0. The monoisotopic (exact) mass is 355 g/mol. The van der Waals surface area contributed by atoms with E-state index in [1.165, 1.54) is 22.2 Å². The molecule has 1 aromatic heterocycles. The molecule has 1 amide bonds. The van der Waals surface area contributed by atoms with E-state index in [-0.39, 0.29) is 17.7 Å². The predicted molar refractivity (Wildman–Crippen MR) is 98.0 cm³/mol. The maximum Gasteiger partial charge on any atom is 0.239 e. The number of quaternary nitrogens is 1. The number of aromatic amines is 1. The van der Waals surface area contributed by atoms with Crippen molar-refractivity contribution in [1.82, 2.24) is 10.4 Å². The van der Waals surface area contributed by atoms with Crippen molar-refractivity contribution in [3.05, 3.63) is 35.5 Å². The van der Waals surface area contributed by atoms with Crippen LogP contribution in [0, 0.1) is 17.8 Å². The van der Waals surface area contributed by atoms with Crippen molar-refractivity contribution in [3.8, 4) is 0 Å². The molecule has 2 aromatic rings. The van der Waals surface area contributed by atoms with E-state index in [9.17, 15) is 9.90 Å². The van der Waals surface area contributed by atoms with Gasteiger partial charge in [0, 0.05) is 40.9 Å². The second-order valence-electron chi connectivity index (χ2n) is 8.41. The summed E-state index contributed by atoms with van der Waals surface area (Å²) in [5.41, 5.74) is 6.34. The maximum absolute atomic E-state index is 12.3. The van der Waals surface area contributed by atoms with Crippen LogP contribution in [0.5, 0.6) is 0 Å². The van der Waals surface area contributed by atoms with Crippen molar-refractivity contribution in [3.63, 3.8) is 0 Å². The molecule has 1 unspecified atom stereocenters. The van der Waals surface area contributed by atoms with Gasteiger partial charge in [0.15, 0.2) is 0 Å². The zero-order valence-corrected chi connectivity index (χ0v) is 14.9. The third-order valence-electron chi connectivity index (χ3n) is 7.17. The van der Waals surface area contributed by atoms with E-state index < -0.39 is 6.10 Å². The summed E-state index contributed by atoms with van der Waals surface area (Å²) in [7, 11) is 0. The van der Waals surface area contributed by atoms with Crippen LogP contribution in [0.3, 0.4) is 0 Å². The van der Waals surface area contributed by atoms with Crippen LogP contribution in [-0.4, -0.2) is 34.7 Å². The second kappa shape index (κ2) is 6.08. The van der Waals surface area contributed by atoms with Gasteiger partial charge in [-0.2, -0.15) is 0 Å². The summed E-state index contributed by atoms with van der Waals surface area (Å²) in [6.45, 7) is 2.15. The third kappa shape index (κ3) is 2.40. The predicted octanol–water partition coefficient (Wildman–Crippen LogP) is -0.126. The Hall–Kier alpha value is -1.89. The van der Waals surface area contributed by atoms with Crippen molar-refractivity contribution in [2.24, 2.45) is 23.6 Å². The molecule has 6 atom stereocenters. The van der Waals surface area contributed by atoms with Gasteiger partial charge in [0.05, 0.1) is 24.6 Å². The molecule has 2 fully saturated rings. The summed E-state index contributed by atoms with van der Waals surface area (Å²) in [6.07, 6.45) is 3.17. The minimum atomic E-state index is -0.562. The number of carbonyl (C=O) groups is 1. The molecule has 6 nitrogen and oxygen atoms in total. The van der Waals surface area contributed by atoms with Gasteiger partial charge in [0.2, 0.25) is 5.91 Å². The average Bonchev–Trinajstić information content (AvgIpc) is 3.01. The number of amides is 1. The zero-order chi connectivity index (χ0) is 17.8. The Morgan fingerprint density at radius 3 is 3.00 bits per heavy atom. The van der Waals surface area contributed by atoms with Crippen LogP contribution in [0.25, 0.3) is 10.9 Å². The third-order valence-corrected chi connectivity index (χ3v) is 7.17. The van der Waals surface area contributed by atoms with Gasteiger partial charge in [0.1, 0.15) is 6.54 Å². The number of benzene rings is 1. The number of aromatic nitrogens is 1. The van der Waals surface area contributed by atoms with E-state index in [0.29, 0.717) is 18.4 Å². The number of para-hydroxylation sites is 1. The van der Waals surface area contributed by atoms with Crippen LogP contribution in [0.15, 0.2) is 24.3 Å². The molecular formula is C20H27N4O2+. The van der Waals surface area contributed by atoms with Gasteiger partial charge >= 0.3 is 0 Å². The highest BCUT2D eigenvalue weighted by Crippen LogP contribution is 2.40. The van der Waals surface area contributed by atoms with Crippen molar-refractivity contribution in [2.75, 3.05) is 6.54 Å². The molecule has 0 radical (unpaired) electrons. The lowest BCUT2D eigenvalue weighted by atomic mass is 9.64. The molecule has 138 valence electrons. The van der Waals surface area contributed by atoms with Gasteiger partial charge in [-0.1, -0.05) is 18.2 Å². The second-order valence-corrected chi connectivity index (χ2v) is 8.41. The Kier molecular flexibility index (Phi) is 3.81. The van der Waals surface area contributed by atoms with E-state index >= 15 is 0 Å². The molecule has 6 heteroatoms. The van der Waals surface area contributed by atoms with Crippen LogP contribution < -0.4 is 16.2 Å². The van der Waals surface area contributed by atoms with Crippen LogP contribution in [0.4, 0.5) is 0 Å². The van der Waals surface area contributed by atoms with Crippen LogP contribution >= 0.6 is 0 Å². The first-order valence-corrected chi connectivity index (χ1v) is 9.77. The molecule has 6 N–H and O–H groups in total. The Morgan fingerprint density at radius 2 is 2.15 bits per heavy atom. The Labute approximate surface area is 152 Å². The average molecular weight is 355 g/mol. The molecular weight excluding hydrogens is 328 g/mol. The van der Waals surface area contributed by atoms with E-state index in [1.807, 2.05) is 0 Å². The molecule has 0 bridgehead atoms. The molecule has 3 heterocycles. The highest BCUT2D eigenvalue weighted by atomic mass is 16.3. The summed E-state index contributed by atoms with van der Waals surface area (Å²) in [4.78, 5) is 17.6. The number of hydrazine groups is 1. The normalized spacial score (nSPS) is 36.1. The smallest absolute Gasteiger partial charge is 0.239 e. The Morgan fingerprint density at radius 1 is 1.31 bits per heavy atom. The number of carbonyl (C=O) groups excluding carboxylic acids is 1. The van der Waals surface area contributed by atoms with Gasteiger partial charge in [0.25, 0.3) is 0 Å². The van der Waals surface area contributed by atoms with E-state index in [0.717, 1.165) is 32.4 Å². The number of rotatable bonds is 1. The maximum atomic E-state index is 12.3. The van der Waals surface area contributed by atoms with Crippen molar-refractivity contribution in [1.29, 1.82) is 0 Å². The number of nitrogens with one attached hydrogen (secondary N) is 3. The number of H-pyrrole nitrogens is 1. The standard InChI is InChI=1S/C20H26N4O2/c21-23-20(26)19-14-7-12-8-17-15(13-3-1-2-4-16(13)22-17)10-24(12)9-11(14)5-6-18(19)25/h1-4,11-12,14,18-19,22,25H,5-10,21H2,(H,23,26)/p+1/t11-,12+,14+,18-,19+/m0/s1. The number of piperidine rings is 1. The quantitative estimate of drug-likeness (QED) is 0.280. The van der Waals surface area contributed by atoms with Gasteiger partial charge in [-0.3, -0.25) is 10.2 Å². The van der Waals surface area contributed by atoms with Gasteiger partial charge < -0.3 is 15.0 Å². The number of aliphatic hydroxyl groups is 1. The molecule has 1 saturated carbocycles. The fourth-order valence-corrected chi connectivity index (χ4v) is 5.96. The summed E-state index contributed by atoms with van der Waals surface area (Å²) in [5, 5.41) is 11.8. The van der Waals surface area contributed by atoms with E-state index in [2.05, 4.69) is 34.7 Å². The van der Waals surface area contributed by atoms with Gasteiger partial charge in [-0.05, 0) is 24.8 Å². The van der Waals surface area contributed by atoms with Crippen molar-refractivity contribution < 1.29 is 14.8 Å². The van der Waals surface area contributed by atoms with Gasteiger partial charge in [-0.15, -0.1) is 0 Å². The number of aliphatic hydroxyl groups excluding tert-OH is 1. The lowest BCUT2D eigenvalue weighted by Crippen LogP contribution is -3.17. The summed E-state index contributed by atoms with van der Waals surface area (Å²) in [6, 6.07) is 9.07. The molecule has 3 aliphatic rings. The zero-order valence-electron chi connectivity index (χ0n) is 14.9. The lowest BCUT2D eigenvalue weighted by molar-refractivity contribution is -0.951. The highest BCUT2D eigenvalue weighted by molar-refractivity contribution is 5.84. The fraction of sp³-hybridized carbons (Fsp3) is 0.550. The van der Waals surface area contributed by atoms with E-state index in [1.54, 1.807) is 4.90 Å². The van der Waals surface area contributed by atoms with Crippen LogP contribution in [-0.2, 0) is 17.8 Å². The Bertz CT molecular complexity index is 847. The summed E-state index contributed by atoms with van der Waals surface area (Å²) in [5.74, 6) is 5.59. The minimum Gasteiger partial charge on any atom is -0.392 e. The lowest BCUT2D eigenvalue weighted by Gasteiger charge is -2.48. The molecule has 1 saturated heterocycles. The molecule has 2 aliphatic heterocycles. The van der Waals surface area contributed by atoms with Gasteiger partial charge in [-0.25, -0.2) is 5.84 Å². The van der Waals surface area contributed by atoms with Crippen LogP contribution in [0.1, 0.15) is 30.5 Å². The van der Waals surface area contributed by atoms with Crippen LogP contribution in [0.2, 0.25) is 0 Å². The first-order chi connectivity index (χ1) is 12.7. The van der Waals surface area contributed by atoms with E-state index in [4.69, 9.17) is 5.84 Å². The fourth-order valence-electron chi connectivity index (χ4n) is 5.96. The van der Waals surface area contributed by atoms with Crippen molar-refractivity contribution in [2.45, 2.75) is 44.4 Å². The number of fused-ring (bicyclic) bond motifs is 5. The first kappa shape index (κ1) is 16.3. The number of hydrogen-bond donors (Lipinski definition) is 5. The molecule has 26 heavy (non-hydrogen) atoms. The Balaban J connectivity index is 1.45. The number of hydrogen-bond acceptors (Lipinski definition) is 3. The highest BCUT2D eigenvalue weighted by Gasteiger charge is 2.50. The minimum absolute atomic E-state index is 0.197. The topological polar surface area (TPSA) is 95.6 Å². The first-order valence-electron chi connectivity index (χ1n) is 9.77. The molecule has 0 spiro atoms. The van der Waals surface area contributed by atoms with Crippen molar-refractivity contribution >= 4 is 16.8 Å². The molecule has 1 aromatic carbocycles.